The molecule has 0 saturated carbocycles. The van der Waals surface area contributed by atoms with E-state index >= 15 is 0 Å². The minimum absolute atomic E-state index is 0.0476. The zero-order valence-electron chi connectivity index (χ0n) is 22.2. The molecule has 0 fully saturated rings. The Kier molecular flexibility index (Phi) is 8.13. The van der Waals surface area contributed by atoms with Gasteiger partial charge >= 0.3 is 0 Å². The molecule has 2 N–H and O–H groups in total. The van der Waals surface area contributed by atoms with Gasteiger partial charge in [0, 0.05) is 17.0 Å². The smallest absolute Gasteiger partial charge is 0.123 e. The van der Waals surface area contributed by atoms with Crippen LogP contribution in [0, 0.1) is 19.8 Å². The molecule has 0 aliphatic rings. The minimum Gasteiger partial charge on any atom is -0.507 e. The molecule has 0 saturated heterocycles. The Bertz CT molecular complexity index is 856. The lowest BCUT2D eigenvalue weighted by molar-refractivity contribution is 0.370. The van der Waals surface area contributed by atoms with Crippen LogP contribution in [0.1, 0.15) is 120 Å². The fraction of sp³-hybridized carbons (Fsp3) is 0.600. The molecule has 0 aliphatic heterocycles. The highest BCUT2D eigenvalue weighted by atomic mass is 16.3. The van der Waals surface area contributed by atoms with Gasteiger partial charge < -0.3 is 10.2 Å². The van der Waals surface area contributed by atoms with E-state index in [1.807, 2.05) is 0 Å². The standard InChI is InChI=1S/C30H46O2/c1-11-13-14-21(12-2)26(22-15-19(3)17-24(27(22)31)29(5,6)7)23-16-20(4)18-25(28(23)32)30(8,9)10/h15-18,21,26,31-32H,11-14H2,1-10H3. The number of phenolic OH excluding ortho intramolecular Hbond substituents is 2. The number of benzene rings is 2. The maximum atomic E-state index is 11.6. The maximum absolute atomic E-state index is 11.6. The molecular formula is C30H46O2. The van der Waals surface area contributed by atoms with Crippen LogP contribution in [-0.4, -0.2) is 10.2 Å². The first-order chi connectivity index (χ1) is 14.7. The second kappa shape index (κ2) is 9.89. The van der Waals surface area contributed by atoms with Gasteiger partial charge in [-0.2, -0.15) is 0 Å². The van der Waals surface area contributed by atoms with Crippen molar-refractivity contribution in [3.8, 4) is 11.5 Å². The van der Waals surface area contributed by atoms with E-state index in [0.717, 1.165) is 59.1 Å². The van der Waals surface area contributed by atoms with Crippen LogP contribution in [0.4, 0.5) is 0 Å². The van der Waals surface area contributed by atoms with E-state index in [9.17, 15) is 10.2 Å². The molecule has 0 amide bonds. The highest BCUT2D eigenvalue weighted by molar-refractivity contribution is 5.56. The van der Waals surface area contributed by atoms with E-state index in [1.54, 1.807) is 0 Å². The van der Waals surface area contributed by atoms with Crippen LogP contribution in [0.15, 0.2) is 24.3 Å². The third-order valence-electron chi connectivity index (χ3n) is 6.78. The molecule has 0 aliphatic carbocycles. The largest absolute Gasteiger partial charge is 0.507 e. The molecule has 0 aromatic heterocycles. The fourth-order valence-corrected chi connectivity index (χ4v) is 4.98. The molecule has 0 spiro atoms. The van der Waals surface area contributed by atoms with Gasteiger partial charge in [-0.05, 0) is 48.1 Å². The summed E-state index contributed by atoms with van der Waals surface area (Å²) in [6.45, 7) is 21.6. The van der Waals surface area contributed by atoms with Crippen molar-refractivity contribution in [2.24, 2.45) is 5.92 Å². The van der Waals surface area contributed by atoms with Crippen LogP contribution < -0.4 is 0 Å². The monoisotopic (exact) mass is 438 g/mol. The molecule has 0 bridgehead atoms. The van der Waals surface area contributed by atoms with Crippen molar-refractivity contribution in [3.05, 3.63) is 57.6 Å². The molecule has 1 atom stereocenters. The Morgan fingerprint density at radius 1 is 0.719 bits per heavy atom. The van der Waals surface area contributed by atoms with Crippen molar-refractivity contribution in [1.29, 1.82) is 0 Å². The van der Waals surface area contributed by atoms with Crippen molar-refractivity contribution >= 4 is 0 Å². The van der Waals surface area contributed by atoms with E-state index in [4.69, 9.17) is 0 Å². The van der Waals surface area contributed by atoms with Crippen molar-refractivity contribution < 1.29 is 10.2 Å². The summed E-state index contributed by atoms with van der Waals surface area (Å²) >= 11 is 0. The van der Waals surface area contributed by atoms with Gasteiger partial charge in [0.1, 0.15) is 11.5 Å². The molecule has 0 heterocycles. The summed E-state index contributed by atoms with van der Waals surface area (Å²) in [6.07, 6.45) is 4.37. The molecule has 178 valence electrons. The number of hydrogen-bond acceptors (Lipinski definition) is 2. The first-order valence-electron chi connectivity index (χ1n) is 12.4. The van der Waals surface area contributed by atoms with Crippen molar-refractivity contribution in [2.45, 2.75) is 112 Å². The molecule has 0 radical (unpaired) electrons. The Hall–Kier alpha value is -1.96. The maximum Gasteiger partial charge on any atom is 0.123 e. The second-order valence-corrected chi connectivity index (χ2v) is 11.8. The van der Waals surface area contributed by atoms with Gasteiger partial charge in [-0.25, -0.2) is 0 Å². The van der Waals surface area contributed by atoms with E-state index in [2.05, 4.69) is 93.5 Å². The summed E-state index contributed by atoms with van der Waals surface area (Å²) in [4.78, 5) is 0. The van der Waals surface area contributed by atoms with E-state index < -0.39 is 0 Å². The van der Waals surface area contributed by atoms with Crippen LogP contribution in [0.3, 0.4) is 0 Å². The highest BCUT2D eigenvalue weighted by Crippen LogP contribution is 2.49. The summed E-state index contributed by atoms with van der Waals surface area (Å²) < 4.78 is 0. The minimum atomic E-state index is -0.161. The van der Waals surface area contributed by atoms with Gasteiger partial charge in [0.25, 0.3) is 0 Å². The highest BCUT2D eigenvalue weighted by Gasteiger charge is 2.33. The van der Waals surface area contributed by atoms with Gasteiger partial charge in [0.15, 0.2) is 0 Å². The zero-order chi connectivity index (χ0) is 24.4. The Morgan fingerprint density at radius 3 is 1.44 bits per heavy atom. The van der Waals surface area contributed by atoms with Crippen LogP contribution >= 0.6 is 0 Å². The zero-order valence-corrected chi connectivity index (χ0v) is 22.2. The van der Waals surface area contributed by atoms with Crippen LogP contribution in [-0.2, 0) is 10.8 Å². The van der Waals surface area contributed by atoms with Crippen LogP contribution in [0.25, 0.3) is 0 Å². The topological polar surface area (TPSA) is 40.5 Å². The summed E-state index contributed by atoms with van der Waals surface area (Å²) in [5, 5.41) is 23.1. The lowest BCUT2D eigenvalue weighted by Gasteiger charge is -2.33. The van der Waals surface area contributed by atoms with Crippen LogP contribution in [0.2, 0.25) is 0 Å². The lowest BCUT2D eigenvalue weighted by Crippen LogP contribution is -2.20. The number of aryl methyl sites for hydroxylation is 2. The average Bonchev–Trinajstić information content (AvgIpc) is 2.67. The molecule has 2 rings (SSSR count). The lowest BCUT2D eigenvalue weighted by atomic mass is 9.72. The number of aromatic hydroxyl groups is 2. The van der Waals surface area contributed by atoms with Gasteiger partial charge in [0.2, 0.25) is 0 Å². The van der Waals surface area contributed by atoms with Crippen molar-refractivity contribution in [3.63, 3.8) is 0 Å². The molecule has 2 nitrogen and oxygen atoms in total. The van der Waals surface area contributed by atoms with Gasteiger partial charge in [0.05, 0.1) is 0 Å². The third-order valence-corrected chi connectivity index (χ3v) is 6.78. The number of unbranched alkanes of at least 4 members (excludes halogenated alkanes) is 1. The summed E-state index contributed by atoms with van der Waals surface area (Å²) in [5.41, 5.74) is 5.86. The normalized spacial score (nSPS) is 13.6. The van der Waals surface area contributed by atoms with E-state index in [-0.39, 0.29) is 16.7 Å². The van der Waals surface area contributed by atoms with Crippen molar-refractivity contribution in [1.82, 2.24) is 0 Å². The SMILES string of the molecule is CCCCC(CC)C(c1cc(C)cc(C(C)(C)C)c1O)c1cc(C)cc(C(C)(C)C)c1O. The predicted molar refractivity (Wildman–Crippen MR) is 138 cm³/mol. The average molecular weight is 439 g/mol. The molecule has 1 unspecified atom stereocenters. The summed E-state index contributed by atoms with van der Waals surface area (Å²) in [5.74, 6) is 1.08. The third kappa shape index (κ3) is 5.69. The van der Waals surface area contributed by atoms with Gasteiger partial charge in [-0.1, -0.05) is 110 Å². The molecule has 2 aromatic rings. The Morgan fingerprint density at radius 2 is 1.12 bits per heavy atom. The van der Waals surface area contributed by atoms with Gasteiger partial charge in [-0.15, -0.1) is 0 Å². The molecule has 2 aromatic carbocycles. The van der Waals surface area contributed by atoms with Crippen molar-refractivity contribution in [2.75, 3.05) is 0 Å². The summed E-state index contributed by atoms with van der Waals surface area (Å²) in [6, 6.07) is 8.50. The molecule has 32 heavy (non-hydrogen) atoms. The number of rotatable bonds is 7. The van der Waals surface area contributed by atoms with E-state index in [0.29, 0.717) is 17.4 Å². The first-order valence-corrected chi connectivity index (χ1v) is 12.4. The Balaban J connectivity index is 2.89. The predicted octanol–water partition coefficient (Wildman–Crippen LogP) is 8.66. The summed E-state index contributed by atoms with van der Waals surface area (Å²) in [7, 11) is 0. The Labute approximate surface area is 197 Å². The number of hydrogen-bond donors (Lipinski definition) is 2. The quantitative estimate of drug-likeness (QED) is 0.454. The number of phenols is 2. The van der Waals surface area contributed by atoms with E-state index in [1.165, 1.54) is 0 Å². The molecular weight excluding hydrogens is 392 g/mol. The van der Waals surface area contributed by atoms with Crippen LogP contribution in [0.5, 0.6) is 11.5 Å². The molecule has 2 heteroatoms. The second-order valence-electron chi connectivity index (χ2n) is 11.8. The first kappa shape index (κ1) is 26.3. The van der Waals surface area contributed by atoms with Gasteiger partial charge in [-0.3, -0.25) is 0 Å². The fourth-order valence-electron chi connectivity index (χ4n) is 4.98.